The van der Waals surface area contributed by atoms with Crippen molar-refractivity contribution in [2.45, 2.75) is 13.5 Å². The number of hydrogen-bond donors (Lipinski definition) is 1. The first-order valence-corrected chi connectivity index (χ1v) is 7.57. The summed E-state index contributed by atoms with van der Waals surface area (Å²) in [7, 11) is 1.59. The molecule has 0 aliphatic heterocycles. The first-order chi connectivity index (χ1) is 10.0. The van der Waals surface area contributed by atoms with Gasteiger partial charge < -0.3 is 15.2 Å². The largest absolute Gasteiger partial charge is 0.493 e. The van der Waals surface area contributed by atoms with Gasteiger partial charge in [-0.3, -0.25) is 0 Å². The molecule has 0 amide bonds. The van der Waals surface area contributed by atoms with Crippen LogP contribution in [0.25, 0.3) is 0 Å². The molecule has 0 aliphatic carbocycles. The zero-order valence-corrected chi connectivity index (χ0v) is 14.3. The molecular weight excluding hydrogens is 350 g/mol. The van der Waals surface area contributed by atoms with E-state index >= 15 is 0 Å². The zero-order chi connectivity index (χ0) is 15.4. The predicted octanol–water partition coefficient (Wildman–Crippen LogP) is 3.98. The maximum atomic E-state index is 5.86. The third-order valence-corrected chi connectivity index (χ3v) is 3.84. The molecule has 2 rings (SSSR count). The maximum Gasteiger partial charge on any atom is 0.175 e. The van der Waals surface area contributed by atoms with Gasteiger partial charge in [0.25, 0.3) is 0 Å². The van der Waals surface area contributed by atoms with Crippen molar-refractivity contribution in [3.05, 3.63) is 57.6 Å². The van der Waals surface area contributed by atoms with Crippen LogP contribution in [0, 0.1) is 6.92 Å². The summed E-state index contributed by atoms with van der Waals surface area (Å²) in [6, 6.07) is 11.8. The van der Waals surface area contributed by atoms with Gasteiger partial charge in [0.1, 0.15) is 11.6 Å². The zero-order valence-electron chi connectivity index (χ0n) is 11.9. The summed E-state index contributed by atoms with van der Waals surface area (Å²) in [6.45, 7) is 2.51. The number of rotatable bonds is 5. The highest BCUT2D eigenvalue weighted by Crippen LogP contribution is 2.37. The minimum Gasteiger partial charge on any atom is -0.493 e. The fourth-order valence-electron chi connectivity index (χ4n) is 1.84. The minimum atomic E-state index is 0.319. The van der Waals surface area contributed by atoms with E-state index in [1.54, 1.807) is 13.2 Å². The fraction of sp³-hybridized carbons (Fsp3) is 0.188. The van der Waals surface area contributed by atoms with Crippen molar-refractivity contribution in [3.63, 3.8) is 0 Å². The highest BCUT2D eigenvalue weighted by molar-refractivity contribution is 9.10. The Morgan fingerprint density at radius 3 is 2.48 bits per heavy atom. The number of ether oxygens (including phenoxy) is 2. The van der Waals surface area contributed by atoms with E-state index in [0.717, 1.165) is 15.6 Å². The maximum absolute atomic E-state index is 5.86. The van der Waals surface area contributed by atoms with E-state index in [1.165, 1.54) is 5.56 Å². The summed E-state index contributed by atoms with van der Waals surface area (Å²) in [5.74, 6) is 1.23. The second-order valence-electron chi connectivity index (χ2n) is 4.63. The Labute approximate surface area is 138 Å². The third-order valence-electron chi connectivity index (χ3n) is 3.02. The van der Waals surface area contributed by atoms with Crippen molar-refractivity contribution in [3.8, 4) is 11.5 Å². The van der Waals surface area contributed by atoms with Crippen LogP contribution < -0.4 is 15.2 Å². The monoisotopic (exact) mass is 365 g/mol. The standard InChI is InChI=1S/C16H16BrNO2S/c1-10-3-5-11(6-4-10)9-20-15-13(17)7-12(16(18)21)8-14(15)19-2/h3-8H,9H2,1-2H3,(H2,18,21). The molecule has 2 aromatic carbocycles. The summed E-state index contributed by atoms with van der Waals surface area (Å²) in [6.07, 6.45) is 0. The van der Waals surface area contributed by atoms with Crippen molar-refractivity contribution in [1.29, 1.82) is 0 Å². The molecule has 110 valence electrons. The molecule has 0 aromatic heterocycles. The average molecular weight is 366 g/mol. The molecule has 0 saturated heterocycles. The summed E-state index contributed by atoms with van der Waals surface area (Å²) in [4.78, 5) is 0.319. The van der Waals surface area contributed by atoms with Crippen molar-refractivity contribution >= 4 is 33.1 Å². The molecule has 0 saturated carbocycles. The van der Waals surface area contributed by atoms with Crippen molar-refractivity contribution in [1.82, 2.24) is 0 Å². The topological polar surface area (TPSA) is 44.5 Å². The highest BCUT2D eigenvalue weighted by Gasteiger charge is 2.13. The van der Waals surface area contributed by atoms with Crippen LogP contribution in [0.3, 0.4) is 0 Å². The first-order valence-electron chi connectivity index (χ1n) is 6.37. The van der Waals surface area contributed by atoms with Crippen LogP contribution in [-0.4, -0.2) is 12.1 Å². The smallest absolute Gasteiger partial charge is 0.175 e. The summed E-state index contributed by atoms with van der Waals surface area (Å²) in [5.41, 5.74) is 8.69. The van der Waals surface area contributed by atoms with Gasteiger partial charge in [-0.05, 0) is 40.5 Å². The molecule has 0 radical (unpaired) electrons. The molecular formula is C16H16BrNO2S. The van der Waals surface area contributed by atoms with Gasteiger partial charge in [0, 0.05) is 5.56 Å². The molecule has 21 heavy (non-hydrogen) atoms. The lowest BCUT2D eigenvalue weighted by Gasteiger charge is -2.14. The van der Waals surface area contributed by atoms with Crippen molar-refractivity contribution in [2.24, 2.45) is 5.73 Å². The molecule has 0 atom stereocenters. The number of hydrogen-bond acceptors (Lipinski definition) is 3. The Kier molecular flexibility index (Phi) is 5.20. The van der Waals surface area contributed by atoms with Crippen molar-refractivity contribution < 1.29 is 9.47 Å². The van der Waals surface area contributed by atoms with Crippen LogP contribution >= 0.6 is 28.1 Å². The molecule has 0 aliphatic rings. The molecule has 0 unspecified atom stereocenters. The second-order valence-corrected chi connectivity index (χ2v) is 5.92. The third kappa shape index (κ3) is 3.95. The van der Waals surface area contributed by atoms with Gasteiger partial charge in [-0.2, -0.15) is 0 Å². The van der Waals surface area contributed by atoms with E-state index in [9.17, 15) is 0 Å². The number of thiocarbonyl (C=S) groups is 1. The Hall–Kier alpha value is -1.59. The molecule has 0 bridgehead atoms. The Morgan fingerprint density at radius 2 is 1.90 bits per heavy atom. The summed E-state index contributed by atoms with van der Waals surface area (Å²) < 4.78 is 12.0. The lowest BCUT2D eigenvalue weighted by atomic mass is 10.1. The number of benzene rings is 2. The van der Waals surface area contributed by atoms with Crippen LogP contribution in [0.15, 0.2) is 40.9 Å². The average Bonchev–Trinajstić information content (AvgIpc) is 2.46. The van der Waals surface area contributed by atoms with E-state index in [4.69, 9.17) is 27.4 Å². The van der Waals surface area contributed by atoms with Crippen LogP contribution in [0.5, 0.6) is 11.5 Å². The molecule has 0 spiro atoms. The van der Waals surface area contributed by atoms with E-state index in [-0.39, 0.29) is 0 Å². The molecule has 2 aromatic rings. The molecule has 3 nitrogen and oxygen atoms in total. The van der Waals surface area contributed by atoms with E-state index in [0.29, 0.717) is 23.1 Å². The number of aryl methyl sites for hydroxylation is 1. The summed E-state index contributed by atoms with van der Waals surface area (Å²) in [5, 5.41) is 0. The first kappa shape index (κ1) is 15.8. The second kappa shape index (κ2) is 6.91. The quantitative estimate of drug-likeness (QED) is 0.813. The summed E-state index contributed by atoms with van der Waals surface area (Å²) >= 11 is 8.46. The van der Waals surface area contributed by atoms with Crippen LogP contribution in [0.4, 0.5) is 0 Å². The fourth-order valence-corrected chi connectivity index (χ4v) is 2.52. The molecule has 0 fully saturated rings. The SMILES string of the molecule is COc1cc(C(N)=S)cc(Br)c1OCc1ccc(C)cc1. The molecule has 2 N–H and O–H groups in total. The van der Waals surface area contributed by atoms with Gasteiger partial charge in [-0.25, -0.2) is 0 Å². The number of halogens is 1. The minimum absolute atomic E-state index is 0.319. The highest BCUT2D eigenvalue weighted by atomic mass is 79.9. The lowest BCUT2D eigenvalue weighted by molar-refractivity contribution is 0.282. The Morgan fingerprint density at radius 1 is 1.24 bits per heavy atom. The van der Waals surface area contributed by atoms with Gasteiger partial charge in [0.05, 0.1) is 11.6 Å². The van der Waals surface area contributed by atoms with Crippen molar-refractivity contribution in [2.75, 3.05) is 7.11 Å². The van der Waals surface area contributed by atoms with E-state index in [2.05, 4.69) is 35.0 Å². The number of methoxy groups -OCH3 is 1. The van der Waals surface area contributed by atoms with Gasteiger partial charge >= 0.3 is 0 Å². The molecule has 5 heteroatoms. The van der Waals surface area contributed by atoms with E-state index < -0.39 is 0 Å². The van der Waals surface area contributed by atoms with Crippen LogP contribution in [0.1, 0.15) is 16.7 Å². The van der Waals surface area contributed by atoms with Gasteiger partial charge in [-0.15, -0.1) is 0 Å². The van der Waals surface area contributed by atoms with Gasteiger partial charge in [-0.1, -0.05) is 42.0 Å². The molecule has 0 heterocycles. The predicted molar refractivity (Wildman–Crippen MR) is 92.1 cm³/mol. The van der Waals surface area contributed by atoms with Gasteiger partial charge in [0.15, 0.2) is 11.5 Å². The Balaban J connectivity index is 2.23. The normalized spacial score (nSPS) is 10.2. The van der Waals surface area contributed by atoms with Crippen LogP contribution in [-0.2, 0) is 6.61 Å². The Bertz CT molecular complexity index is 656. The van der Waals surface area contributed by atoms with Crippen LogP contribution in [0.2, 0.25) is 0 Å². The number of nitrogens with two attached hydrogens (primary N) is 1. The van der Waals surface area contributed by atoms with E-state index in [1.807, 2.05) is 18.2 Å². The van der Waals surface area contributed by atoms with Gasteiger partial charge in [0.2, 0.25) is 0 Å². The lowest BCUT2D eigenvalue weighted by Crippen LogP contribution is -2.10.